The van der Waals surface area contributed by atoms with E-state index in [2.05, 4.69) is 6.58 Å². The summed E-state index contributed by atoms with van der Waals surface area (Å²) in [5.74, 6) is 0. The molecule has 0 aromatic carbocycles. The fourth-order valence-corrected chi connectivity index (χ4v) is 0.794. The molecule has 0 atom stereocenters. The summed E-state index contributed by atoms with van der Waals surface area (Å²) in [6, 6.07) is 0. The minimum atomic E-state index is -3.61. The van der Waals surface area contributed by atoms with Crippen LogP contribution in [0.5, 0.6) is 0 Å². The first-order valence-corrected chi connectivity index (χ1v) is 5.68. The molecule has 0 aromatic heterocycles. The van der Waals surface area contributed by atoms with E-state index in [0.717, 1.165) is 0 Å². The highest BCUT2D eigenvalue weighted by molar-refractivity contribution is 8.16. The Bertz CT molecular complexity index is 325. The standard InChI is InChI=1S/C7H8Cl2O2S/c1-3-7(8)5-4-6(2)12(9,10)11/h3-5H,1H2,2H3. The van der Waals surface area contributed by atoms with Crippen molar-refractivity contribution in [1.82, 2.24) is 0 Å². The van der Waals surface area contributed by atoms with Crippen molar-refractivity contribution < 1.29 is 8.42 Å². The zero-order chi connectivity index (χ0) is 9.78. The van der Waals surface area contributed by atoms with Gasteiger partial charge in [-0.3, -0.25) is 0 Å². The van der Waals surface area contributed by atoms with Crippen LogP contribution < -0.4 is 0 Å². The van der Waals surface area contributed by atoms with Crippen molar-refractivity contribution >= 4 is 31.3 Å². The second kappa shape index (κ2) is 4.70. The minimum Gasteiger partial charge on any atom is -0.207 e. The molecule has 0 amide bonds. The van der Waals surface area contributed by atoms with Crippen LogP contribution in [0.4, 0.5) is 0 Å². The normalized spacial score (nSPS) is 14.6. The Balaban J connectivity index is 4.73. The number of hydrogen-bond donors (Lipinski definition) is 0. The summed E-state index contributed by atoms with van der Waals surface area (Å²) < 4.78 is 21.3. The van der Waals surface area contributed by atoms with Crippen LogP contribution in [-0.2, 0) is 9.05 Å². The highest BCUT2D eigenvalue weighted by Gasteiger charge is 2.05. The SMILES string of the molecule is C=CC(Cl)=CC=C(C)S(=O)(=O)Cl. The maximum Gasteiger partial charge on any atom is 0.257 e. The lowest BCUT2D eigenvalue weighted by molar-refractivity contribution is 0.615. The molecular formula is C7H8Cl2O2S. The van der Waals surface area contributed by atoms with Gasteiger partial charge >= 0.3 is 0 Å². The molecule has 2 nitrogen and oxygen atoms in total. The van der Waals surface area contributed by atoms with Crippen LogP contribution in [0.25, 0.3) is 0 Å². The Kier molecular flexibility index (Phi) is 4.60. The van der Waals surface area contributed by atoms with Crippen LogP contribution in [-0.4, -0.2) is 8.42 Å². The molecule has 0 rings (SSSR count). The van der Waals surface area contributed by atoms with E-state index in [4.69, 9.17) is 22.3 Å². The molecule has 0 aliphatic rings. The van der Waals surface area contributed by atoms with Gasteiger partial charge in [-0.2, -0.15) is 0 Å². The highest BCUT2D eigenvalue weighted by Crippen LogP contribution is 2.12. The maximum absolute atomic E-state index is 10.6. The molecule has 0 unspecified atom stereocenters. The van der Waals surface area contributed by atoms with Crippen LogP contribution in [0.15, 0.2) is 34.7 Å². The predicted octanol–water partition coefficient (Wildman–Crippen LogP) is 2.77. The monoisotopic (exact) mass is 226 g/mol. The average Bonchev–Trinajstić information content (AvgIpc) is 1.97. The number of halogens is 2. The molecule has 0 saturated heterocycles. The van der Waals surface area contributed by atoms with Crippen molar-refractivity contribution in [3.05, 3.63) is 34.7 Å². The van der Waals surface area contributed by atoms with E-state index in [-0.39, 0.29) is 4.91 Å². The van der Waals surface area contributed by atoms with Crippen molar-refractivity contribution in [2.75, 3.05) is 0 Å². The molecule has 0 bridgehead atoms. The molecule has 0 radical (unpaired) electrons. The van der Waals surface area contributed by atoms with E-state index in [1.54, 1.807) is 0 Å². The minimum absolute atomic E-state index is 0.0455. The second-order valence-electron chi connectivity index (χ2n) is 1.97. The molecule has 12 heavy (non-hydrogen) atoms. The third-order valence-electron chi connectivity index (χ3n) is 1.06. The highest BCUT2D eigenvalue weighted by atomic mass is 35.7. The summed E-state index contributed by atoms with van der Waals surface area (Å²) in [7, 11) is 1.41. The summed E-state index contributed by atoms with van der Waals surface area (Å²) in [5, 5.41) is 0.356. The third kappa shape index (κ3) is 4.59. The van der Waals surface area contributed by atoms with E-state index < -0.39 is 9.05 Å². The molecule has 0 spiro atoms. The summed E-state index contributed by atoms with van der Waals surface area (Å²) in [4.78, 5) is 0.0455. The zero-order valence-corrected chi connectivity index (χ0v) is 8.75. The topological polar surface area (TPSA) is 34.1 Å². The van der Waals surface area contributed by atoms with Gasteiger partial charge in [-0.1, -0.05) is 24.3 Å². The largest absolute Gasteiger partial charge is 0.257 e. The summed E-state index contributed by atoms with van der Waals surface area (Å²) >= 11 is 5.52. The maximum atomic E-state index is 10.6. The second-order valence-corrected chi connectivity index (χ2v) is 5.15. The molecule has 0 fully saturated rings. The van der Waals surface area contributed by atoms with Crippen molar-refractivity contribution in [3.63, 3.8) is 0 Å². The van der Waals surface area contributed by atoms with Gasteiger partial charge < -0.3 is 0 Å². The van der Waals surface area contributed by atoms with Gasteiger partial charge in [-0.15, -0.1) is 0 Å². The molecule has 0 aliphatic carbocycles. The van der Waals surface area contributed by atoms with Gasteiger partial charge in [0.25, 0.3) is 9.05 Å². The Morgan fingerprint density at radius 1 is 1.42 bits per heavy atom. The molecule has 68 valence electrons. The molecular weight excluding hydrogens is 219 g/mol. The number of allylic oxidation sites excluding steroid dienone is 5. The van der Waals surface area contributed by atoms with Crippen LogP contribution >= 0.6 is 22.3 Å². The van der Waals surface area contributed by atoms with E-state index in [0.29, 0.717) is 5.03 Å². The summed E-state index contributed by atoms with van der Waals surface area (Å²) in [5.41, 5.74) is 0. The fourth-order valence-electron chi connectivity index (χ4n) is 0.346. The lowest BCUT2D eigenvalue weighted by Crippen LogP contribution is -1.88. The molecule has 0 aromatic rings. The van der Waals surface area contributed by atoms with E-state index in [1.807, 2.05) is 0 Å². The summed E-state index contributed by atoms with van der Waals surface area (Å²) in [6.07, 6.45) is 4.11. The quantitative estimate of drug-likeness (QED) is 0.548. The Hall–Kier alpha value is -0.250. The van der Waals surface area contributed by atoms with Gasteiger partial charge in [-0.25, -0.2) is 8.42 Å². The van der Waals surface area contributed by atoms with Crippen LogP contribution in [0.3, 0.4) is 0 Å². The van der Waals surface area contributed by atoms with Crippen molar-refractivity contribution in [2.45, 2.75) is 6.92 Å². The van der Waals surface area contributed by atoms with Gasteiger partial charge in [0.1, 0.15) is 0 Å². The fraction of sp³-hybridized carbons (Fsp3) is 0.143. The van der Waals surface area contributed by atoms with Crippen molar-refractivity contribution in [2.24, 2.45) is 0 Å². The first-order chi connectivity index (χ1) is 5.38. The van der Waals surface area contributed by atoms with Crippen LogP contribution in [0.2, 0.25) is 0 Å². The first kappa shape index (κ1) is 11.8. The average molecular weight is 227 g/mol. The lowest BCUT2D eigenvalue weighted by Gasteiger charge is -1.90. The van der Waals surface area contributed by atoms with Crippen LogP contribution in [0.1, 0.15) is 6.92 Å². The summed E-state index contributed by atoms with van der Waals surface area (Å²) in [6.45, 7) is 4.77. The molecule has 0 aliphatic heterocycles. The molecule has 5 heteroatoms. The van der Waals surface area contributed by atoms with Crippen molar-refractivity contribution in [3.8, 4) is 0 Å². The zero-order valence-electron chi connectivity index (χ0n) is 6.42. The Morgan fingerprint density at radius 2 is 1.92 bits per heavy atom. The van der Waals surface area contributed by atoms with Gasteiger partial charge in [0.15, 0.2) is 0 Å². The lowest BCUT2D eigenvalue weighted by atomic mass is 10.4. The Labute approximate surface area is 81.6 Å². The van der Waals surface area contributed by atoms with Gasteiger partial charge in [0.2, 0.25) is 0 Å². The smallest absolute Gasteiger partial charge is 0.207 e. The van der Waals surface area contributed by atoms with E-state index in [1.165, 1.54) is 25.2 Å². The third-order valence-corrected chi connectivity index (χ3v) is 2.97. The van der Waals surface area contributed by atoms with Gasteiger partial charge in [-0.05, 0) is 19.1 Å². The first-order valence-electron chi connectivity index (χ1n) is 2.99. The van der Waals surface area contributed by atoms with Gasteiger partial charge in [0.05, 0.1) is 4.91 Å². The van der Waals surface area contributed by atoms with E-state index in [9.17, 15) is 8.42 Å². The van der Waals surface area contributed by atoms with Gasteiger partial charge in [0, 0.05) is 15.7 Å². The van der Waals surface area contributed by atoms with Crippen LogP contribution in [0, 0.1) is 0 Å². The number of rotatable bonds is 3. The van der Waals surface area contributed by atoms with E-state index >= 15 is 0 Å². The molecule has 0 N–H and O–H groups in total. The molecule has 0 heterocycles. The number of hydrogen-bond acceptors (Lipinski definition) is 2. The Morgan fingerprint density at radius 3 is 2.25 bits per heavy atom. The molecule has 0 saturated carbocycles. The van der Waals surface area contributed by atoms with Crippen molar-refractivity contribution in [1.29, 1.82) is 0 Å². The predicted molar refractivity (Wildman–Crippen MR) is 52.7 cm³/mol.